The van der Waals surface area contributed by atoms with Gasteiger partial charge in [0.15, 0.2) is 0 Å². The number of thiazole rings is 1. The van der Waals surface area contributed by atoms with Crippen LogP contribution < -0.4 is 5.73 Å². The van der Waals surface area contributed by atoms with Gasteiger partial charge in [0.25, 0.3) is 0 Å². The zero-order chi connectivity index (χ0) is 13.0. The fourth-order valence-corrected chi connectivity index (χ4v) is 5.06. The standard InChI is InChI=1S/C15H14N2S2/c1-8-5-6-12-10(7-8)17-15(19-12)13-9-3-2-4-11(9)18-14(13)16/h5-7H,2-4,16H2,1H3. The third-order valence-corrected chi connectivity index (χ3v) is 5.88. The first-order chi connectivity index (χ1) is 9.22. The van der Waals surface area contributed by atoms with Gasteiger partial charge >= 0.3 is 0 Å². The van der Waals surface area contributed by atoms with E-state index in [0.29, 0.717) is 0 Å². The number of hydrogen-bond donors (Lipinski definition) is 1. The van der Waals surface area contributed by atoms with Crippen LogP contribution in [-0.2, 0) is 12.8 Å². The summed E-state index contributed by atoms with van der Waals surface area (Å²) >= 11 is 3.52. The van der Waals surface area contributed by atoms with Gasteiger partial charge in [-0.3, -0.25) is 0 Å². The molecule has 2 heterocycles. The highest BCUT2D eigenvalue weighted by molar-refractivity contribution is 7.22. The van der Waals surface area contributed by atoms with Gasteiger partial charge in [0.2, 0.25) is 0 Å². The number of thiophene rings is 1. The third kappa shape index (κ3) is 1.70. The molecule has 0 bridgehead atoms. The first-order valence-corrected chi connectivity index (χ1v) is 8.13. The molecule has 3 aromatic rings. The van der Waals surface area contributed by atoms with Crippen LogP contribution in [0.4, 0.5) is 5.00 Å². The molecule has 0 unspecified atom stereocenters. The monoisotopic (exact) mass is 286 g/mol. The van der Waals surface area contributed by atoms with Crippen LogP contribution in [0.15, 0.2) is 18.2 Å². The van der Waals surface area contributed by atoms with Crippen LogP contribution >= 0.6 is 22.7 Å². The van der Waals surface area contributed by atoms with E-state index in [1.807, 2.05) is 0 Å². The van der Waals surface area contributed by atoms with Gasteiger partial charge in [0, 0.05) is 10.4 Å². The highest BCUT2D eigenvalue weighted by Gasteiger charge is 2.23. The second-order valence-corrected chi connectivity index (χ2v) is 7.25. The number of aryl methyl sites for hydroxylation is 2. The third-order valence-electron chi connectivity index (χ3n) is 3.71. The van der Waals surface area contributed by atoms with Gasteiger partial charge in [0.05, 0.1) is 15.2 Å². The minimum atomic E-state index is 0.945. The van der Waals surface area contributed by atoms with Crippen molar-refractivity contribution in [3.63, 3.8) is 0 Å². The summed E-state index contributed by atoms with van der Waals surface area (Å²) in [5.41, 5.74) is 11.2. The van der Waals surface area contributed by atoms with Gasteiger partial charge in [-0.25, -0.2) is 4.98 Å². The normalized spacial score (nSPS) is 14.2. The maximum atomic E-state index is 6.22. The molecule has 0 radical (unpaired) electrons. The van der Waals surface area contributed by atoms with Crippen molar-refractivity contribution in [2.75, 3.05) is 5.73 Å². The molecule has 0 fully saturated rings. The number of nitrogens with zero attached hydrogens (tertiary/aromatic N) is 1. The van der Waals surface area contributed by atoms with Crippen LogP contribution in [0.1, 0.15) is 22.4 Å². The summed E-state index contributed by atoms with van der Waals surface area (Å²) in [5.74, 6) is 0. The molecule has 2 aromatic heterocycles. The van der Waals surface area contributed by atoms with Crippen molar-refractivity contribution in [1.82, 2.24) is 4.98 Å². The summed E-state index contributed by atoms with van der Waals surface area (Å²) < 4.78 is 1.25. The number of fused-ring (bicyclic) bond motifs is 2. The van der Waals surface area contributed by atoms with Gasteiger partial charge < -0.3 is 5.73 Å². The molecule has 0 amide bonds. The summed E-state index contributed by atoms with van der Waals surface area (Å²) in [5, 5.41) is 2.04. The maximum Gasteiger partial charge on any atom is 0.127 e. The molecule has 0 saturated heterocycles. The minimum Gasteiger partial charge on any atom is -0.390 e. The Morgan fingerprint density at radius 2 is 2.11 bits per heavy atom. The first kappa shape index (κ1) is 11.4. The molecule has 0 atom stereocenters. The topological polar surface area (TPSA) is 38.9 Å². The first-order valence-electron chi connectivity index (χ1n) is 6.50. The van der Waals surface area contributed by atoms with Crippen LogP contribution in [0.2, 0.25) is 0 Å². The molecule has 2 N–H and O–H groups in total. The highest BCUT2D eigenvalue weighted by Crippen LogP contribution is 2.45. The largest absolute Gasteiger partial charge is 0.390 e. The average molecular weight is 286 g/mol. The summed E-state index contributed by atoms with van der Waals surface area (Å²) in [6.07, 6.45) is 3.61. The van der Waals surface area contributed by atoms with Gasteiger partial charge in [-0.05, 0) is 49.4 Å². The zero-order valence-corrected chi connectivity index (χ0v) is 12.3. The summed E-state index contributed by atoms with van der Waals surface area (Å²) in [4.78, 5) is 6.27. The molecule has 19 heavy (non-hydrogen) atoms. The highest BCUT2D eigenvalue weighted by atomic mass is 32.1. The molecule has 1 aliphatic rings. The number of nitrogen functional groups attached to an aromatic ring is 1. The zero-order valence-electron chi connectivity index (χ0n) is 10.7. The lowest BCUT2D eigenvalue weighted by atomic mass is 10.1. The Kier molecular flexibility index (Phi) is 2.44. The van der Waals surface area contributed by atoms with Gasteiger partial charge in [-0.2, -0.15) is 0 Å². The van der Waals surface area contributed by atoms with Crippen LogP contribution in [-0.4, -0.2) is 4.98 Å². The smallest absolute Gasteiger partial charge is 0.127 e. The van der Waals surface area contributed by atoms with E-state index in [0.717, 1.165) is 21.9 Å². The van der Waals surface area contributed by atoms with Crippen molar-refractivity contribution >= 4 is 37.9 Å². The second kappa shape index (κ2) is 4.05. The van der Waals surface area contributed by atoms with Crippen LogP contribution in [0, 0.1) is 6.92 Å². The molecule has 0 spiro atoms. The summed E-state index contributed by atoms with van der Waals surface area (Å²) in [7, 11) is 0. The van der Waals surface area contributed by atoms with Crippen molar-refractivity contribution < 1.29 is 0 Å². The Morgan fingerprint density at radius 1 is 1.21 bits per heavy atom. The van der Waals surface area contributed by atoms with Gasteiger partial charge in [0.1, 0.15) is 5.01 Å². The number of benzene rings is 1. The second-order valence-electron chi connectivity index (χ2n) is 5.09. The van der Waals surface area contributed by atoms with Crippen LogP contribution in [0.5, 0.6) is 0 Å². The predicted molar refractivity (Wildman–Crippen MR) is 84.1 cm³/mol. The van der Waals surface area contributed by atoms with E-state index < -0.39 is 0 Å². The van der Waals surface area contributed by atoms with E-state index in [1.165, 1.54) is 39.1 Å². The molecular formula is C15H14N2S2. The Morgan fingerprint density at radius 3 is 3.00 bits per heavy atom. The molecule has 1 aromatic carbocycles. The number of rotatable bonds is 1. The molecule has 0 saturated carbocycles. The van der Waals surface area contributed by atoms with Crippen molar-refractivity contribution in [2.24, 2.45) is 0 Å². The number of aromatic nitrogens is 1. The lowest BCUT2D eigenvalue weighted by Gasteiger charge is -1.98. The lowest BCUT2D eigenvalue weighted by Crippen LogP contribution is -1.87. The van der Waals surface area contributed by atoms with Crippen molar-refractivity contribution in [3.05, 3.63) is 34.2 Å². The molecule has 4 heteroatoms. The van der Waals surface area contributed by atoms with E-state index in [-0.39, 0.29) is 0 Å². The Hall–Kier alpha value is -1.39. The van der Waals surface area contributed by atoms with Crippen LogP contribution in [0.25, 0.3) is 20.8 Å². The van der Waals surface area contributed by atoms with E-state index >= 15 is 0 Å². The molecule has 0 aliphatic heterocycles. The molecule has 1 aliphatic carbocycles. The average Bonchev–Trinajstić information content (AvgIpc) is 3.01. The Bertz CT molecular complexity index is 783. The van der Waals surface area contributed by atoms with Gasteiger partial charge in [-0.15, -0.1) is 22.7 Å². The number of anilines is 1. The van der Waals surface area contributed by atoms with Gasteiger partial charge in [-0.1, -0.05) is 6.07 Å². The minimum absolute atomic E-state index is 0.945. The summed E-state index contributed by atoms with van der Waals surface area (Å²) in [6, 6.07) is 6.46. The van der Waals surface area contributed by atoms with E-state index in [9.17, 15) is 0 Å². The SMILES string of the molecule is Cc1ccc2sc(-c3c(N)sc4c3CCC4)nc2c1. The van der Waals surface area contributed by atoms with Crippen molar-refractivity contribution in [1.29, 1.82) is 0 Å². The maximum absolute atomic E-state index is 6.22. The summed E-state index contributed by atoms with van der Waals surface area (Å²) in [6.45, 7) is 2.11. The molecule has 4 rings (SSSR count). The number of hydrogen-bond acceptors (Lipinski definition) is 4. The van der Waals surface area contributed by atoms with Crippen molar-refractivity contribution in [3.8, 4) is 10.6 Å². The van der Waals surface area contributed by atoms with E-state index in [4.69, 9.17) is 10.7 Å². The Balaban J connectivity index is 1.95. The fraction of sp³-hybridized carbons (Fsp3) is 0.267. The van der Waals surface area contributed by atoms with Crippen molar-refractivity contribution in [2.45, 2.75) is 26.2 Å². The van der Waals surface area contributed by atoms with E-state index in [2.05, 4.69) is 25.1 Å². The quantitative estimate of drug-likeness (QED) is 0.720. The molecular weight excluding hydrogens is 272 g/mol. The Labute approximate surface area is 119 Å². The van der Waals surface area contributed by atoms with Crippen LogP contribution in [0.3, 0.4) is 0 Å². The lowest BCUT2D eigenvalue weighted by molar-refractivity contribution is 0.915. The number of nitrogens with two attached hydrogens (primary N) is 1. The predicted octanol–water partition coefficient (Wildman–Crippen LogP) is 4.40. The fourth-order valence-electron chi connectivity index (χ4n) is 2.80. The molecule has 96 valence electrons. The van der Waals surface area contributed by atoms with E-state index in [1.54, 1.807) is 22.7 Å². The molecule has 2 nitrogen and oxygen atoms in total.